The molecule has 0 unspecified atom stereocenters. The molecular formula is C31H40N4O9. The van der Waals surface area contributed by atoms with Crippen molar-refractivity contribution in [2.45, 2.75) is 13.3 Å². The van der Waals surface area contributed by atoms with Crippen molar-refractivity contribution in [3.8, 4) is 0 Å². The van der Waals surface area contributed by atoms with Gasteiger partial charge in [-0.1, -0.05) is 24.3 Å². The van der Waals surface area contributed by atoms with Gasteiger partial charge in [-0.25, -0.2) is 5.43 Å². The number of hydrazone groups is 1. The predicted octanol–water partition coefficient (Wildman–Crippen LogP) is 1.66. The van der Waals surface area contributed by atoms with Crippen LogP contribution >= 0.6 is 0 Å². The Morgan fingerprint density at radius 1 is 0.750 bits per heavy atom. The minimum Gasteiger partial charge on any atom is -0.380 e. The molecule has 4 amide bonds. The van der Waals surface area contributed by atoms with Crippen molar-refractivity contribution in [2.24, 2.45) is 5.10 Å². The van der Waals surface area contributed by atoms with Crippen LogP contribution in [-0.2, 0) is 28.5 Å². The molecule has 1 heterocycles. The van der Waals surface area contributed by atoms with Crippen molar-refractivity contribution in [1.82, 2.24) is 15.6 Å². The summed E-state index contributed by atoms with van der Waals surface area (Å²) in [6.45, 7) is 6.22. The highest BCUT2D eigenvalue weighted by atomic mass is 16.6. The van der Waals surface area contributed by atoms with Crippen LogP contribution in [0.1, 0.15) is 50.0 Å². The molecule has 0 saturated carbocycles. The smallest absolute Gasteiger partial charge is 0.261 e. The lowest BCUT2D eigenvalue weighted by atomic mass is 10.1. The van der Waals surface area contributed by atoms with Crippen LogP contribution in [0.4, 0.5) is 0 Å². The third kappa shape index (κ3) is 11.9. The highest BCUT2D eigenvalue weighted by Gasteiger charge is 2.34. The van der Waals surface area contributed by atoms with Crippen molar-refractivity contribution >= 4 is 29.8 Å². The molecule has 44 heavy (non-hydrogen) atoms. The number of hydrogen-bond acceptors (Lipinski definition) is 10. The highest BCUT2D eigenvalue weighted by Crippen LogP contribution is 2.21. The fraction of sp³-hybridized carbons (Fsp3) is 0.452. The molecule has 0 aliphatic carbocycles. The normalized spacial score (nSPS) is 12.6. The number of imide groups is 1. The maximum Gasteiger partial charge on any atom is 0.261 e. The van der Waals surface area contributed by atoms with Gasteiger partial charge in [0.05, 0.1) is 89.8 Å². The van der Waals surface area contributed by atoms with Crippen molar-refractivity contribution in [3.63, 3.8) is 0 Å². The Morgan fingerprint density at radius 3 is 1.91 bits per heavy atom. The molecule has 2 aromatic carbocycles. The van der Waals surface area contributed by atoms with Gasteiger partial charge in [-0.2, -0.15) is 5.10 Å². The van der Waals surface area contributed by atoms with Gasteiger partial charge in [-0.05, 0) is 36.8 Å². The summed E-state index contributed by atoms with van der Waals surface area (Å²) in [5.74, 6) is -1.06. The van der Waals surface area contributed by atoms with Crippen LogP contribution in [-0.4, -0.2) is 114 Å². The van der Waals surface area contributed by atoms with Gasteiger partial charge in [0, 0.05) is 18.7 Å². The summed E-state index contributed by atoms with van der Waals surface area (Å²) < 4.78 is 26.9. The zero-order valence-electron chi connectivity index (χ0n) is 25.0. The number of amides is 4. The summed E-state index contributed by atoms with van der Waals surface area (Å²) in [6.07, 6.45) is 1.64. The molecule has 0 saturated heterocycles. The van der Waals surface area contributed by atoms with Crippen molar-refractivity contribution in [1.29, 1.82) is 0 Å². The summed E-state index contributed by atoms with van der Waals surface area (Å²) in [4.78, 5) is 49.7. The molecule has 13 heteroatoms. The lowest BCUT2D eigenvalue weighted by Crippen LogP contribution is -2.33. The molecule has 2 aromatic rings. The first kappa shape index (κ1) is 34.5. The number of rotatable bonds is 22. The predicted molar refractivity (Wildman–Crippen MR) is 161 cm³/mol. The lowest BCUT2D eigenvalue weighted by molar-refractivity contribution is -0.122. The molecule has 0 bridgehead atoms. The Labute approximate surface area is 256 Å². The van der Waals surface area contributed by atoms with E-state index in [1.807, 2.05) is 6.92 Å². The minimum absolute atomic E-state index is 0.147. The van der Waals surface area contributed by atoms with Gasteiger partial charge in [0.15, 0.2) is 0 Å². The molecule has 0 radical (unpaired) electrons. The summed E-state index contributed by atoms with van der Waals surface area (Å²) in [5, 5.41) is 6.70. The van der Waals surface area contributed by atoms with Gasteiger partial charge >= 0.3 is 0 Å². The summed E-state index contributed by atoms with van der Waals surface area (Å²) in [5.41, 5.74) is 4.56. The summed E-state index contributed by atoms with van der Waals surface area (Å²) in [6, 6.07) is 13.6. The first-order valence-corrected chi connectivity index (χ1v) is 14.6. The molecule has 0 atom stereocenters. The minimum atomic E-state index is -0.295. The molecular weight excluding hydrogens is 572 g/mol. The fourth-order valence-electron chi connectivity index (χ4n) is 3.96. The van der Waals surface area contributed by atoms with E-state index < -0.39 is 0 Å². The second kappa shape index (κ2) is 20.0. The van der Waals surface area contributed by atoms with Crippen LogP contribution in [0.25, 0.3) is 0 Å². The third-order valence-corrected chi connectivity index (χ3v) is 6.24. The van der Waals surface area contributed by atoms with E-state index in [1.165, 1.54) is 11.1 Å². The second-order valence-electron chi connectivity index (χ2n) is 9.38. The Balaban J connectivity index is 1.10. The van der Waals surface area contributed by atoms with Crippen LogP contribution < -0.4 is 10.7 Å². The van der Waals surface area contributed by atoms with Crippen molar-refractivity contribution < 1.29 is 42.9 Å². The summed E-state index contributed by atoms with van der Waals surface area (Å²) >= 11 is 0. The van der Waals surface area contributed by atoms with Crippen LogP contribution in [0.3, 0.4) is 0 Å². The van der Waals surface area contributed by atoms with Crippen LogP contribution in [0, 0.1) is 0 Å². The van der Waals surface area contributed by atoms with Gasteiger partial charge in [0.2, 0.25) is 5.91 Å². The third-order valence-electron chi connectivity index (χ3n) is 6.24. The van der Waals surface area contributed by atoms with E-state index in [2.05, 4.69) is 15.8 Å². The Bertz CT molecular complexity index is 1200. The molecule has 1 aliphatic heterocycles. The highest BCUT2D eigenvalue weighted by molar-refractivity contribution is 6.21. The number of hydrogen-bond donors (Lipinski definition) is 2. The van der Waals surface area contributed by atoms with E-state index in [9.17, 15) is 19.2 Å². The monoisotopic (exact) mass is 612 g/mol. The zero-order valence-corrected chi connectivity index (χ0v) is 25.0. The maximum absolute atomic E-state index is 12.3. The first-order valence-electron chi connectivity index (χ1n) is 14.6. The molecule has 0 aromatic heterocycles. The van der Waals surface area contributed by atoms with E-state index >= 15 is 0 Å². The quantitative estimate of drug-likeness (QED) is 0.0875. The zero-order chi connectivity index (χ0) is 31.4. The molecule has 0 fully saturated rings. The maximum atomic E-state index is 12.3. The number of fused-ring (bicyclic) bond motifs is 1. The van der Waals surface area contributed by atoms with E-state index in [-0.39, 0.29) is 49.8 Å². The lowest BCUT2D eigenvalue weighted by Gasteiger charge is -2.13. The van der Waals surface area contributed by atoms with E-state index in [0.29, 0.717) is 76.1 Å². The largest absolute Gasteiger partial charge is 0.380 e. The number of carbonyl (C=O) groups is 4. The number of nitrogens with one attached hydrogen (secondary N) is 2. The SMILES string of the molecule is CCOCCNC(=O)c1ccc(/C=N/NC(=O)CCOCCOCCOCCOCCN2C(=O)c3ccccc3C2=O)cc1. The van der Waals surface area contributed by atoms with Crippen LogP contribution in [0.5, 0.6) is 0 Å². The second-order valence-corrected chi connectivity index (χ2v) is 9.38. The number of benzene rings is 2. The van der Waals surface area contributed by atoms with Gasteiger partial charge in [0.25, 0.3) is 17.7 Å². The Hall–Kier alpha value is -4.01. The average molecular weight is 613 g/mol. The molecule has 13 nitrogen and oxygen atoms in total. The Morgan fingerprint density at radius 2 is 1.32 bits per heavy atom. The van der Waals surface area contributed by atoms with Gasteiger partial charge < -0.3 is 29.0 Å². The topological polar surface area (TPSA) is 154 Å². The first-order chi connectivity index (χ1) is 21.5. The number of carbonyl (C=O) groups excluding carboxylic acids is 4. The van der Waals surface area contributed by atoms with Crippen molar-refractivity contribution in [2.75, 3.05) is 79.2 Å². The van der Waals surface area contributed by atoms with E-state index in [4.69, 9.17) is 23.7 Å². The number of ether oxygens (including phenoxy) is 5. The van der Waals surface area contributed by atoms with Crippen molar-refractivity contribution in [3.05, 3.63) is 70.8 Å². The molecule has 238 valence electrons. The van der Waals surface area contributed by atoms with Crippen LogP contribution in [0.15, 0.2) is 53.6 Å². The van der Waals surface area contributed by atoms with Gasteiger partial charge in [0.1, 0.15) is 0 Å². The molecule has 2 N–H and O–H groups in total. The van der Waals surface area contributed by atoms with E-state index in [1.54, 1.807) is 48.5 Å². The van der Waals surface area contributed by atoms with Gasteiger partial charge in [-0.3, -0.25) is 24.1 Å². The standard InChI is InChI=1S/C31H40N4O9/c1-2-40-15-12-32-29(37)25-9-7-24(8-10-25)23-33-34-28(36)11-14-41-17-19-43-21-22-44-20-18-42-16-13-35-30(38)26-5-3-4-6-27(26)31(35)39/h3-10,23H,2,11-22H2,1H3,(H,32,37)(H,34,36)/b33-23+. The van der Waals surface area contributed by atoms with Gasteiger partial charge in [-0.15, -0.1) is 0 Å². The molecule has 3 rings (SSSR count). The average Bonchev–Trinajstić information content (AvgIpc) is 3.28. The molecule has 0 spiro atoms. The number of nitrogens with zero attached hydrogens (tertiary/aromatic N) is 2. The van der Waals surface area contributed by atoms with Crippen LogP contribution in [0.2, 0.25) is 0 Å². The molecule has 1 aliphatic rings. The van der Waals surface area contributed by atoms with E-state index in [0.717, 1.165) is 5.56 Å². The Kier molecular flexibility index (Phi) is 15.7. The fourth-order valence-corrected chi connectivity index (χ4v) is 3.96. The summed E-state index contributed by atoms with van der Waals surface area (Å²) in [7, 11) is 0.